The Morgan fingerprint density at radius 2 is 1.77 bits per heavy atom. The number of rotatable bonds is 7. The molecule has 0 spiro atoms. The predicted molar refractivity (Wildman–Crippen MR) is 109 cm³/mol. The molecule has 0 atom stereocenters. The van der Waals surface area contributed by atoms with Crippen molar-refractivity contribution in [1.82, 2.24) is 19.8 Å². The van der Waals surface area contributed by atoms with Crippen LogP contribution in [0, 0.1) is 0 Å². The third kappa shape index (κ3) is 4.93. The summed E-state index contributed by atoms with van der Waals surface area (Å²) in [5.41, 5.74) is 2.10. The molecule has 0 aliphatic carbocycles. The van der Waals surface area contributed by atoms with Gasteiger partial charge in [0.15, 0.2) is 0 Å². The molecule has 0 bridgehead atoms. The van der Waals surface area contributed by atoms with Crippen molar-refractivity contribution in [3.63, 3.8) is 0 Å². The predicted octanol–water partition coefficient (Wildman–Crippen LogP) is 2.26. The minimum atomic E-state index is 0.709. The molecule has 0 amide bonds. The van der Waals surface area contributed by atoms with Crippen LogP contribution in [0.15, 0.2) is 36.4 Å². The number of hydrogen-bond donors (Lipinski definition) is 1. The van der Waals surface area contributed by atoms with Crippen LogP contribution in [0.3, 0.4) is 0 Å². The zero-order valence-corrected chi connectivity index (χ0v) is 16.1. The molecule has 1 aliphatic heterocycles. The average Bonchev–Trinajstić information content (AvgIpc) is 2.68. The number of benzene rings is 1. The van der Waals surface area contributed by atoms with E-state index in [0.29, 0.717) is 5.95 Å². The molecular weight excluding hydrogens is 324 g/mol. The Balaban J connectivity index is 1.83. The second kappa shape index (κ2) is 8.96. The maximum absolute atomic E-state index is 4.80. The van der Waals surface area contributed by atoms with Crippen LogP contribution in [0.25, 0.3) is 11.3 Å². The topological polar surface area (TPSA) is 47.5 Å². The molecule has 1 aromatic carbocycles. The second-order valence-corrected chi connectivity index (χ2v) is 6.95. The van der Waals surface area contributed by atoms with Crippen LogP contribution in [0.4, 0.5) is 11.8 Å². The Bertz CT molecular complexity index is 680. The largest absolute Gasteiger partial charge is 0.354 e. The molecule has 6 heteroatoms. The third-order valence-corrected chi connectivity index (χ3v) is 4.77. The number of likely N-dealkylation sites (N-methyl/N-ethyl adjacent to an activating group) is 2. The van der Waals surface area contributed by atoms with Gasteiger partial charge in [-0.2, -0.15) is 4.98 Å². The summed E-state index contributed by atoms with van der Waals surface area (Å²) in [4.78, 5) is 16.5. The van der Waals surface area contributed by atoms with E-state index in [2.05, 4.69) is 71.4 Å². The van der Waals surface area contributed by atoms with Crippen molar-refractivity contribution >= 4 is 11.8 Å². The van der Waals surface area contributed by atoms with E-state index in [1.54, 1.807) is 0 Å². The van der Waals surface area contributed by atoms with Gasteiger partial charge < -0.3 is 20.0 Å². The summed E-state index contributed by atoms with van der Waals surface area (Å²) in [6.45, 7) is 9.31. The molecule has 0 saturated carbocycles. The summed E-state index contributed by atoms with van der Waals surface area (Å²) in [5, 5.41) is 3.38. The summed E-state index contributed by atoms with van der Waals surface area (Å²) in [5.74, 6) is 1.73. The standard InChI is InChI=1S/C20H30N6/c1-4-25-12-14-26(15-13-25)19-16-18(17-8-6-5-7-9-17)22-20(23-19)21-10-11-24(2)3/h5-9,16H,4,10-15H2,1-3H3,(H,21,22,23). The molecule has 0 radical (unpaired) electrons. The summed E-state index contributed by atoms with van der Waals surface area (Å²) in [7, 11) is 4.14. The SMILES string of the molecule is CCN1CCN(c2cc(-c3ccccc3)nc(NCCN(C)C)n2)CC1. The molecule has 2 aromatic rings. The molecule has 1 N–H and O–H groups in total. The smallest absolute Gasteiger partial charge is 0.225 e. The van der Waals surface area contributed by atoms with Gasteiger partial charge in [-0.05, 0) is 20.6 Å². The van der Waals surface area contributed by atoms with Gasteiger partial charge in [0.25, 0.3) is 0 Å². The summed E-state index contributed by atoms with van der Waals surface area (Å²) in [6.07, 6.45) is 0. The van der Waals surface area contributed by atoms with Gasteiger partial charge in [-0.15, -0.1) is 0 Å². The molecule has 26 heavy (non-hydrogen) atoms. The van der Waals surface area contributed by atoms with Crippen molar-refractivity contribution in [2.24, 2.45) is 0 Å². The van der Waals surface area contributed by atoms with E-state index in [-0.39, 0.29) is 0 Å². The van der Waals surface area contributed by atoms with Crippen LogP contribution in [-0.2, 0) is 0 Å². The molecule has 1 fully saturated rings. The highest BCUT2D eigenvalue weighted by Crippen LogP contribution is 2.24. The van der Waals surface area contributed by atoms with Gasteiger partial charge in [-0.25, -0.2) is 4.98 Å². The first-order valence-corrected chi connectivity index (χ1v) is 9.46. The first kappa shape index (κ1) is 18.6. The highest BCUT2D eigenvalue weighted by atomic mass is 15.3. The highest BCUT2D eigenvalue weighted by Gasteiger charge is 2.18. The van der Waals surface area contributed by atoms with Crippen molar-refractivity contribution in [1.29, 1.82) is 0 Å². The van der Waals surface area contributed by atoms with Gasteiger partial charge in [-0.3, -0.25) is 0 Å². The summed E-state index contributed by atoms with van der Waals surface area (Å²) >= 11 is 0. The maximum atomic E-state index is 4.80. The van der Waals surface area contributed by atoms with Crippen molar-refractivity contribution in [2.75, 3.05) is 70.1 Å². The lowest BCUT2D eigenvalue weighted by molar-refractivity contribution is 0.270. The monoisotopic (exact) mass is 354 g/mol. The van der Waals surface area contributed by atoms with Gasteiger partial charge in [0.1, 0.15) is 5.82 Å². The lowest BCUT2D eigenvalue weighted by Gasteiger charge is -2.35. The maximum Gasteiger partial charge on any atom is 0.225 e. The molecule has 1 aromatic heterocycles. The van der Waals surface area contributed by atoms with Crippen molar-refractivity contribution in [2.45, 2.75) is 6.92 Å². The fraction of sp³-hybridized carbons (Fsp3) is 0.500. The number of aromatic nitrogens is 2. The summed E-state index contributed by atoms with van der Waals surface area (Å²) in [6, 6.07) is 12.5. The number of hydrogen-bond acceptors (Lipinski definition) is 6. The molecule has 0 unspecified atom stereocenters. The first-order valence-electron chi connectivity index (χ1n) is 9.46. The third-order valence-electron chi connectivity index (χ3n) is 4.77. The van der Waals surface area contributed by atoms with Gasteiger partial charge in [-0.1, -0.05) is 37.3 Å². The molecular formula is C20H30N6. The van der Waals surface area contributed by atoms with Gasteiger partial charge in [0.2, 0.25) is 5.95 Å². The van der Waals surface area contributed by atoms with Gasteiger partial charge in [0.05, 0.1) is 5.69 Å². The molecule has 1 aliphatic rings. The van der Waals surface area contributed by atoms with Crippen LogP contribution < -0.4 is 10.2 Å². The minimum absolute atomic E-state index is 0.709. The molecule has 1 saturated heterocycles. The van der Waals surface area contributed by atoms with E-state index in [1.165, 1.54) is 0 Å². The number of anilines is 2. The van der Waals surface area contributed by atoms with Crippen LogP contribution in [0.1, 0.15) is 6.92 Å². The zero-order valence-electron chi connectivity index (χ0n) is 16.1. The highest BCUT2D eigenvalue weighted by molar-refractivity contribution is 5.64. The van der Waals surface area contributed by atoms with E-state index in [0.717, 1.165) is 62.9 Å². The van der Waals surface area contributed by atoms with Crippen LogP contribution >= 0.6 is 0 Å². The van der Waals surface area contributed by atoms with Crippen molar-refractivity contribution < 1.29 is 0 Å². The Morgan fingerprint density at radius 3 is 2.42 bits per heavy atom. The number of piperazine rings is 1. The molecule has 2 heterocycles. The first-order chi connectivity index (χ1) is 12.7. The fourth-order valence-electron chi connectivity index (χ4n) is 3.12. The van der Waals surface area contributed by atoms with Gasteiger partial charge >= 0.3 is 0 Å². The lowest BCUT2D eigenvalue weighted by Crippen LogP contribution is -2.46. The van der Waals surface area contributed by atoms with E-state index < -0.39 is 0 Å². The zero-order chi connectivity index (χ0) is 18.4. The quantitative estimate of drug-likeness (QED) is 0.823. The van der Waals surface area contributed by atoms with E-state index >= 15 is 0 Å². The van der Waals surface area contributed by atoms with Gasteiger partial charge in [0, 0.05) is 50.9 Å². The number of nitrogens with one attached hydrogen (secondary N) is 1. The second-order valence-electron chi connectivity index (χ2n) is 6.95. The van der Waals surface area contributed by atoms with Crippen LogP contribution in [0.5, 0.6) is 0 Å². The lowest BCUT2D eigenvalue weighted by atomic mass is 10.1. The van der Waals surface area contributed by atoms with Crippen LogP contribution in [0.2, 0.25) is 0 Å². The van der Waals surface area contributed by atoms with E-state index in [1.807, 2.05) is 6.07 Å². The molecule has 3 rings (SSSR count). The van der Waals surface area contributed by atoms with Crippen molar-refractivity contribution in [3.8, 4) is 11.3 Å². The Labute approximate surface area is 156 Å². The van der Waals surface area contributed by atoms with Crippen LogP contribution in [-0.4, -0.2) is 79.7 Å². The Hall–Kier alpha value is -2.18. The number of nitrogens with zero attached hydrogens (tertiary/aromatic N) is 5. The summed E-state index contributed by atoms with van der Waals surface area (Å²) < 4.78 is 0. The van der Waals surface area contributed by atoms with E-state index in [9.17, 15) is 0 Å². The fourth-order valence-corrected chi connectivity index (χ4v) is 3.12. The molecule has 140 valence electrons. The minimum Gasteiger partial charge on any atom is -0.354 e. The van der Waals surface area contributed by atoms with Crippen molar-refractivity contribution in [3.05, 3.63) is 36.4 Å². The normalized spacial score (nSPS) is 15.5. The Morgan fingerprint density at radius 1 is 1.04 bits per heavy atom. The molecule has 6 nitrogen and oxygen atoms in total. The Kier molecular flexibility index (Phi) is 6.41. The van der Waals surface area contributed by atoms with E-state index in [4.69, 9.17) is 9.97 Å². The average molecular weight is 355 g/mol.